The van der Waals surface area contributed by atoms with Gasteiger partial charge in [0.25, 0.3) is 0 Å². The van der Waals surface area contributed by atoms with Gasteiger partial charge < -0.3 is 9.80 Å². The third-order valence-corrected chi connectivity index (χ3v) is 4.11. The summed E-state index contributed by atoms with van der Waals surface area (Å²) in [6.07, 6.45) is 6.02. The molecule has 2 aliphatic heterocycles. The third-order valence-electron chi connectivity index (χ3n) is 4.11. The Kier molecular flexibility index (Phi) is 2.88. The minimum atomic E-state index is 0.248. The summed E-state index contributed by atoms with van der Waals surface area (Å²) >= 11 is 0. The maximum absolute atomic E-state index is 8.72. The summed E-state index contributed by atoms with van der Waals surface area (Å²) in [5.74, 6) is 1.01. The number of fused-ring (bicyclic) bond motifs is 1. The normalized spacial score (nSPS) is 27.9. The number of aromatic nitrogens is 2. The lowest BCUT2D eigenvalue weighted by Crippen LogP contribution is -2.44. The van der Waals surface area contributed by atoms with Crippen molar-refractivity contribution in [3.63, 3.8) is 0 Å². The van der Waals surface area contributed by atoms with Gasteiger partial charge in [-0.1, -0.05) is 0 Å². The Hall–Kier alpha value is -1.67. The number of hydrogen-bond acceptors (Lipinski definition) is 5. The van der Waals surface area contributed by atoms with Crippen molar-refractivity contribution in [1.29, 1.82) is 5.26 Å². The molecule has 5 nitrogen and oxygen atoms in total. The molecule has 2 atom stereocenters. The molecular formula is C13H17N5. The summed E-state index contributed by atoms with van der Waals surface area (Å²) < 4.78 is 0. The molecule has 5 heteroatoms. The quantitative estimate of drug-likeness (QED) is 0.733. The van der Waals surface area contributed by atoms with Crippen LogP contribution in [0.1, 0.15) is 18.7 Å². The van der Waals surface area contributed by atoms with Crippen LogP contribution < -0.4 is 4.90 Å². The van der Waals surface area contributed by atoms with E-state index in [0.717, 1.165) is 24.7 Å². The minimum Gasteiger partial charge on any atom is -0.366 e. The van der Waals surface area contributed by atoms with Crippen LogP contribution in [0.25, 0.3) is 0 Å². The molecular weight excluding hydrogens is 226 g/mol. The maximum Gasteiger partial charge on any atom is 0.232 e. The molecule has 1 aromatic rings. The number of likely N-dealkylation sites (tertiary alicyclic amines) is 1. The molecule has 0 saturated carbocycles. The zero-order valence-electron chi connectivity index (χ0n) is 10.6. The van der Waals surface area contributed by atoms with E-state index in [2.05, 4.69) is 26.8 Å². The molecule has 3 heterocycles. The van der Waals surface area contributed by atoms with Gasteiger partial charge in [-0.3, -0.25) is 0 Å². The second kappa shape index (κ2) is 4.54. The zero-order chi connectivity index (χ0) is 12.5. The Morgan fingerprint density at radius 1 is 1.28 bits per heavy atom. The Balaban J connectivity index is 1.79. The van der Waals surface area contributed by atoms with Gasteiger partial charge >= 0.3 is 0 Å². The van der Waals surface area contributed by atoms with Gasteiger partial charge in [-0.25, -0.2) is 9.97 Å². The predicted octanol–water partition coefficient (Wildman–Crippen LogP) is 0.879. The van der Waals surface area contributed by atoms with Crippen molar-refractivity contribution < 1.29 is 0 Å². The summed E-state index contributed by atoms with van der Waals surface area (Å²) in [5, 5.41) is 8.72. The standard InChI is InChI=1S/C13H17N5/c1-17-4-3-12-10(9-17)2-5-18(12)11-7-15-13(6-14)16-8-11/h7-8,10,12H,2-5,9H2,1H3/t10-,12?/m1/s1. The first-order chi connectivity index (χ1) is 8.78. The van der Waals surface area contributed by atoms with Gasteiger partial charge in [0, 0.05) is 19.1 Å². The van der Waals surface area contributed by atoms with E-state index in [-0.39, 0.29) is 5.82 Å². The predicted molar refractivity (Wildman–Crippen MR) is 68.1 cm³/mol. The molecule has 3 rings (SSSR count). The Bertz CT molecular complexity index is 463. The summed E-state index contributed by atoms with van der Waals surface area (Å²) in [6, 6.07) is 2.58. The van der Waals surface area contributed by atoms with Crippen LogP contribution in [0.3, 0.4) is 0 Å². The largest absolute Gasteiger partial charge is 0.366 e. The SMILES string of the molecule is CN1CCC2[C@H](CCN2c2cnc(C#N)nc2)C1. The second-order valence-corrected chi connectivity index (χ2v) is 5.24. The molecule has 2 saturated heterocycles. The van der Waals surface area contributed by atoms with Crippen LogP contribution in [0.5, 0.6) is 0 Å². The summed E-state index contributed by atoms with van der Waals surface area (Å²) in [6.45, 7) is 3.44. The lowest BCUT2D eigenvalue weighted by molar-refractivity contribution is 0.202. The van der Waals surface area contributed by atoms with Crippen LogP contribution in [0.15, 0.2) is 12.4 Å². The molecule has 0 bridgehead atoms. The van der Waals surface area contributed by atoms with Gasteiger partial charge in [-0.05, 0) is 32.4 Å². The molecule has 0 amide bonds. The first-order valence-corrected chi connectivity index (χ1v) is 6.45. The van der Waals surface area contributed by atoms with Crippen LogP contribution in [-0.4, -0.2) is 47.6 Å². The highest BCUT2D eigenvalue weighted by Crippen LogP contribution is 2.33. The Morgan fingerprint density at radius 3 is 2.78 bits per heavy atom. The van der Waals surface area contributed by atoms with Crippen molar-refractivity contribution in [1.82, 2.24) is 14.9 Å². The molecule has 1 unspecified atom stereocenters. The minimum absolute atomic E-state index is 0.248. The van der Waals surface area contributed by atoms with E-state index < -0.39 is 0 Å². The number of rotatable bonds is 1. The highest BCUT2D eigenvalue weighted by Gasteiger charge is 2.37. The number of nitrogens with zero attached hydrogens (tertiary/aromatic N) is 5. The smallest absolute Gasteiger partial charge is 0.232 e. The molecule has 2 aliphatic rings. The van der Waals surface area contributed by atoms with Gasteiger partial charge in [0.05, 0.1) is 18.1 Å². The molecule has 94 valence electrons. The topological polar surface area (TPSA) is 56.0 Å². The van der Waals surface area contributed by atoms with Crippen molar-refractivity contribution >= 4 is 5.69 Å². The molecule has 1 aromatic heterocycles. The van der Waals surface area contributed by atoms with Crippen LogP contribution >= 0.6 is 0 Å². The van der Waals surface area contributed by atoms with E-state index in [0.29, 0.717) is 6.04 Å². The number of piperidine rings is 1. The van der Waals surface area contributed by atoms with Crippen molar-refractivity contribution in [2.45, 2.75) is 18.9 Å². The summed E-state index contributed by atoms with van der Waals surface area (Å²) in [5.41, 5.74) is 1.06. The summed E-state index contributed by atoms with van der Waals surface area (Å²) in [4.78, 5) is 13.0. The van der Waals surface area contributed by atoms with Crippen molar-refractivity contribution in [3.8, 4) is 6.07 Å². The van der Waals surface area contributed by atoms with Gasteiger partial charge in [0.15, 0.2) is 0 Å². The summed E-state index contributed by atoms with van der Waals surface area (Å²) in [7, 11) is 2.20. The van der Waals surface area contributed by atoms with E-state index in [1.807, 2.05) is 6.07 Å². The van der Waals surface area contributed by atoms with Crippen molar-refractivity contribution in [2.75, 3.05) is 31.6 Å². The van der Waals surface area contributed by atoms with Crippen molar-refractivity contribution in [3.05, 3.63) is 18.2 Å². The maximum atomic E-state index is 8.72. The first-order valence-electron chi connectivity index (χ1n) is 6.45. The van der Waals surface area contributed by atoms with Crippen LogP contribution in [-0.2, 0) is 0 Å². The van der Waals surface area contributed by atoms with E-state index in [1.54, 1.807) is 12.4 Å². The highest BCUT2D eigenvalue weighted by molar-refractivity contribution is 5.45. The van der Waals surface area contributed by atoms with E-state index in [4.69, 9.17) is 5.26 Å². The lowest BCUT2D eigenvalue weighted by Gasteiger charge is -2.36. The van der Waals surface area contributed by atoms with E-state index >= 15 is 0 Å². The molecule has 0 spiro atoms. The Labute approximate surface area is 107 Å². The fourth-order valence-electron chi connectivity index (χ4n) is 3.21. The molecule has 0 N–H and O–H groups in total. The molecule has 0 radical (unpaired) electrons. The number of nitriles is 1. The Morgan fingerprint density at radius 2 is 2.06 bits per heavy atom. The number of hydrogen-bond donors (Lipinski definition) is 0. The molecule has 18 heavy (non-hydrogen) atoms. The fourth-order valence-corrected chi connectivity index (χ4v) is 3.21. The van der Waals surface area contributed by atoms with Crippen LogP contribution in [0, 0.1) is 17.2 Å². The number of anilines is 1. The van der Waals surface area contributed by atoms with Crippen LogP contribution in [0.2, 0.25) is 0 Å². The van der Waals surface area contributed by atoms with E-state index in [9.17, 15) is 0 Å². The van der Waals surface area contributed by atoms with Gasteiger partial charge in [0.2, 0.25) is 5.82 Å². The highest BCUT2D eigenvalue weighted by atomic mass is 15.2. The third kappa shape index (κ3) is 1.93. The van der Waals surface area contributed by atoms with Crippen LogP contribution in [0.4, 0.5) is 5.69 Å². The monoisotopic (exact) mass is 243 g/mol. The first kappa shape index (κ1) is 11.4. The van der Waals surface area contributed by atoms with Crippen molar-refractivity contribution in [2.24, 2.45) is 5.92 Å². The zero-order valence-corrected chi connectivity index (χ0v) is 10.6. The van der Waals surface area contributed by atoms with E-state index in [1.165, 1.54) is 19.4 Å². The van der Waals surface area contributed by atoms with Gasteiger partial charge in [-0.2, -0.15) is 5.26 Å². The fraction of sp³-hybridized carbons (Fsp3) is 0.615. The molecule has 0 aliphatic carbocycles. The van der Waals surface area contributed by atoms with Gasteiger partial charge in [0.1, 0.15) is 6.07 Å². The lowest BCUT2D eigenvalue weighted by atomic mass is 9.93. The second-order valence-electron chi connectivity index (χ2n) is 5.24. The molecule has 0 aromatic carbocycles. The average Bonchev–Trinajstić information content (AvgIpc) is 2.81. The van der Waals surface area contributed by atoms with Gasteiger partial charge in [-0.15, -0.1) is 0 Å². The average molecular weight is 243 g/mol. The molecule has 2 fully saturated rings.